The van der Waals surface area contributed by atoms with Gasteiger partial charge in [0.1, 0.15) is 6.04 Å². The fourth-order valence-corrected chi connectivity index (χ4v) is 1.07. The number of carboxylic acid groups (broad SMARTS) is 3. The lowest BCUT2D eigenvalue weighted by Crippen LogP contribution is -2.30. The molecule has 0 radical (unpaired) electrons. The summed E-state index contributed by atoms with van der Waals surface area (Å²) in [6.07, 6.45) is 1.88. The van der Waals surface area contributed by atoms with Gasteiger partial charge in [-0.1, -0.05) is 0 Å². The Hall–Kier alpha value is -1.28. The van der Waals surface area contributed by atoms with Crippen molar-refractivity contribution >= 4 is 29.7 Å². The summed E-state index contributed by atoms with van der Waals surface area (Å²) in [7, 11) is 0. The Morgan fingerprint density at radius 2 is 1.53 bits per heavy atom. The van der Waals surface area contributed by atoms with Crippen LogP contribution in [-0.2, 0) is 14.4 Å². The summed E-state index contributed by atoms with van der Waals surface area (Å²) >= 11 is 1.60. The lowest BCUT2D eigenvalue weighted by atomic mass is 10.2. The van der Waals surface area contributed by atoms with Crippen LogP contribution in [0, 0.1) is 0 Å². The number of carbonyl (C=O) groups is 3. The molecule has 0 aromatic heterocycles. The highest BCUT2D eigenvalue weighted by molar-refractivity contribution is 7.98. The van der Waals surface area contributed by atoms with Crippen molar-refractivity contribution < 1.29 is 29.7 Å². The van der Waals surface area contributed by atoms with Gasteiger partial charge in [-0.25, -0.2) is 0 Å². The first-order chi connectivity index (χ1) is 7.81. The minimum absolute atomic E-state index is 0.296. The van der Waals surface area contributed by atoms with Crippen LogP contribution < -0.4 is 5.73 Å². The third kappa shape index (κ3) is 17.3. The molecule has 0 amide bonds. The zero-order valence-electron chi connectivity index (χ0n) is 9.46. The molecule has 0 aromatic rings. The number of thioether (sulfide) groups is 1. The summed E-state index contributed by atoms with van der Waals surface area (Å²) in [5, 5.41) is 24.1. The van der Waals surface area contributed by atoms with E-state index in [1.807, 2.05) is 6.26 Å². The lowest BCUT2D eigenvalue weighted by Gasteiger charge is -2.02. The zero-order valence-corrected chi connectivity index (χ0v) is 10.3. The van der Waals surface area contributed by atoms with Crippen molar-refractivity contribution in [3.05, 3.63) is 0 Å². The highest BCUT2D eigenvalue weighted by Crippen LogP contribution is 1.97. The first kappa shape index (κ1) is 18.1. The summed E-state index contributed by atoms with van der Waals surface area (Å²) in [5.74, 6) is -2.25. The van der Waals surface area contributed by atoms with E-state index in [1.54, 1.807) is 11.8 Å². The van der Waals surface area contributed by atoms with E-state index in [4.69, 9.17) is 21.1 Å². The van der Waals surface area contributed by atoms with E-state index >= 15 is 0 Å². The third-order valence-electron chi connectivity index (χ3n) is 1.50. The van der Waals surface area contributed by atoms with Gasteiger partial charge in [0, 0.05) is 0 Å². The maximum absolute atomic E-state index is 10.1. The number of rotatable bonds is 7. The minimum atomic E-state index is -1.08. The predicted molar refractivity (Wildman–Crippen MR) is 63.1 cm³/mol. The number of nitrogens with two attached hydrogens (primary N) is 1. The molecule has 1 unspecified atom stereocenters. The van der Waals surface area contributed by atoms with Gasteiger partial charge in [-0.2, -0.15) is 11.8 Å². The molecule has 0 aliphatic rings. The van der Waals surface area contributed by atoms with Crippen molar-refractivity contribution in [1.82, 2.24) is 0 Å². The molecule has 0 aliphatic carbocycles. The SMILES string of the molecule is CSCCC(N)C(=O)O.O=C(O)CCC(=O)O. The van der Waals surface area contributed by atoms with Crippen molar-refractivity contribution in [3.8, 4) is 0 Å². The molecule has 0 spiro atoms. The lowest BCUT2D eigenvalue weighted by molar-refractivity contribution is -0.143. The van der Waals surface area contributed by atoms with E-state index in [0.717, 1.165) is 5.75 Å². The van der Waals surface area contributed by atoms with Gasteiger partial charge >= 0.3 is 17.9 Å². The van der Waals surface area contributed by atoms with Crippen molar-refractivity contribution in [2.24, 2.45) is 5.73 Å². The van der Waals surface area contributed by atoms with Crippen molar-refractivity contribution in [2.45, 2.75) is 25.3 Å². The topological polar surface area (TPSA) is 138 Å². The Balaban J connectivity index is 0. The van der Waals surface area contributed by atoms with Crippen molar-refractivity contribution in [3.63, 3.8) is 0 Å². The molecule has 0 bridgehead atoms. The van der Waals surface area contributed by atoms with E-state index in [9.17, 15) is 14.4 Å². The molecule has 0 rings (SSSR count). The van der Waals surface area contributed by atoms with E-state index in [2.05, 4.69) is 0 Å². The van der Waals surface area contributed by atoms with Crippen LogP contribution in [0.15, 0.2) is 0 Å². The fourth-order valence-electron chi connectivity index (χ4n) is 0.582. The predicted octanol–water partition coefficient (Wildman–Crippen LogP) is 0.0872. The Labute approximate surface area is 103 Å². The van der Waals surface area contributed by atoms with Crippen LogP contribution in [0.3, 0.4) is 0 Å². The maximum Gasteiger partial charge on any atom is 0.320 e. The standard InChI is InChI=1S/C5H11NO2S.C4H6O4/c1-9-3-2-4(6)5(7)8;5-3(6)1-2-4(7)8/h4H,2-3,6H2,1H3,(H,7,8);1-2H2,(H,5,6)(H,7,8). The van der Waals surface area contributed by atoms with Crippen LogP contribution in [0.1, 0.15) is 19.3 Å². The molecule has 0 saturated carbocycles. The quantitative estimate of drug-likeness (QED) is 0.509. The largest absolute Gasteiger partial charge is 0.481 e. The van der Waals surface area contributed by atoms with Crippen LogP contribution in [0.2, 0.25) is 0 Å². The number of hydrogen-bond donors (Lipinski definition) is 4. The van der Waals surface area contributed by atoms with E-state index in [-0.39, 0.29) is 12.8 Å². The Bertz CT molecular complexity index is 244. The molecule has 0 heterocycles. The first-order valence-corrected chi connectivity index (χ1v) is 6.11. The Morgan fingerprint density at radius 1 is 1.12 bits per heavy atom. The molecule has 5 N–H and O–H groups in total. The molecule has 100 valence electrons. The average Bonchev–Trinajstić information content (AvgIpc) is 2.23. The molecule has 17 heavy (non-hydrogen) atoms. The second-order valence-electron chi connectivity index (χ2n) is 3.01. The molecular formula is C9H17NO6S. The van der Waals surface area contributed by atoms with Crippen molar-refractivity contribution in [1.29, 1.82) is 0 Å². The molecule has 8 heteroatoms. The number of hydrogen-bond acceptors (Lipinski definition) is 5. The number of carboxylic acids is 3. The summed E-state index contributed by atoms with van der Waals surface area (Å²) in [6.45, 7) is 0. The molecular weight excluding hydrogens is 250 g/mol. The number of aliphatic carboxylic acids is 3. The summed E-state index contributed by atoms with van der Waals surface area (Å²) in [5.41, 5.74) is 5.19. The van der Waals surface area contributed by atoms with Crippen LogP contribution in [0.25, 0.3) is 0 Å². The Morgan fingerprint density at radius 3 is 1.76 bits per heavy atom. The summed E-state index contributed by atoms with van der Waals surface area (Å²) < 4.78 is 0. The van der Waals surface area contributed by atoms with Crippen molar-refractivity contribution in [2.75, 3.05) is 12.0 Å². The van der Waals surface area contributed by atoms with E-state index in [1.165, 1.54) is 0 Å². The molecule has 7 nitrogen and oxygen atoms in total. The highest BCUT2D eigenvalue weighted by Gasteiger charge is 2.08. The fraction of sp³-hybridized carbons (Fsp3) is 0.667. The van der Waals surface area contributed by atoms with Gasteiger partial charge in [0.15, 0.2) is 0 Å². The molecule has 1 atom stereocenters. The van der Waals surface area contributed by atoms with Gasteiger partial charge in [0.2, 0.25) is 0 Å². The van der Waals surface area contributed by atoms with E-state index < -0.39 is 23.9 Å². The van der Waals surface area contributed by atoms with Crippen LogP contribution in [0.4, 0.5) is 0 Å². The van der Waals surface area contributed by atoms with E-state index in [0.29, 0.717) is 6.42 Å². The molecule has 0 saturated heterocycles. The third-order valence-corrected chi connectivity index (χ3v) is 2.15. The summed E-state index contributed by atoms with van der Waals surface area (Å²) in [6, 6.07) is -0.683. The maximum atomic E-state index is 10.1. The highest BCUT2D eigenvalue weighted by atomic mass is 32.2. The van der Waals surface area contributed by atoms with Gasteiger partial charge < -0.3 is 21.1 Å². The van der Waals surface area contributed by atoms with Gasteiger partial charge in [-0.05, 0) is 18.4 Å². The summed E-state index contributed by atoms with van der Waals surface area (Å²) in [4.78, 5) is 29.4. The second kappa shape index (κ2) is 11.2. The second-order valence-corrected chi connectivity index (χ2v) is 4.00. The minimum Gasteiger partial charge on any atom is -0.481 e. The van der Waals surface area contributed by atoms with Gasteiger partial charge in [-0.3, -0.25) is 14.4 Å². The van der Waals surface area contributed by atoms with Gasteiger partial charge in [0.25, 0.3) is 0 Å². The zero-order chi connectivity index (χ0) is 13.8. The van der Waals surface area contributed by atoms with Crippen LogP contribution in [0.5, 0.6) is 0 Å². The monoisotopic (exact) mass is 267 g/mol. The van der Waals surface area contributed by atoms with Gasteiger partial charge in [0.05, 0.1) is 12.8 Å². The van der Waals surface area contributed by atoms with Crippen LogP contribution in [-0.4, -0.2) is 51.3 Å². The molecule has 0 aromatic carbocycles. The first-order valence-electron chi connectivity index (χ1n) is 4.72. The normalized spacial score (nSPS) is 10.9. The molecule has 0 aliphatic heterocycles. The molecule has 0 fully saturated rings. The van der Waals surface area contributed by atoms with Crippen LogP contribution >= 0.6 is 11.8 Å². The van der Waals surface area contributed by atoms with Gasteiger partial charge in [-0.15, -0.1) is 0 Å². The Kier molecular flexibility index (Phi) is 11.9. The average molecular weight is 267 g/mol. The smallest absolute Gasteiger partial charge is 0.320 e.